The van der Waals surface area contributed by atoms with Gasteiger partial charge in [0.1, 0.15) is 18.0 Å². The molecule has 2 heterocycles. The Kier molecular flexibility index (Phi) is 7.01. The van der Waals surface area contributed by atoms with Crippen LogP contribution in [0.4, 0.5) is 15.9 Å². The largest absolute Gasteiger partial charge is 0.493 e. The van der Waals surface area contributed by atoms with Crippen LogP contribution in [0, 0.1) is 5.82 Å². The van der Waals surface area contributed by atoms with E-state index in [1.807, 2.05) is 12.1 Å². The van der Waals surface area contributed by atoms with Crippen LogP contribution in [-0.4, -0.2) is 61.4 Å². The van der Waals surface area contributed by atoms with Gasteiger partial charge in [-0.15, -0.1) is 0 Å². The Morgan fingerprint density at radius 2 is 2.00 bits per heavy atom. The molecule has 3 aromatic rings. The van der Waals surface area contributed by atoms with Crippen molar-refractivity contribution in [3.05, 3.63) is 47.5 Å². The van der Waals surface area contributed by atoms with Crippen molar-refractivity contribution in [3.63, 3.8) is 0 Å². The normalized spacial score (nSPS) is 14.5. The maximum Gasteiger partial charge on any atom is 0.162 e. The van der Waals surface area contributed by atoms with E-state index in [9.17, 15) is 4.39 Å². The van der Waals surface area contributed by atoms with E-state index < -0.39 is 5.82 Å². The topological polar surface area (TPSA) is 68.7 Å². The number of benzene rings is 2. The minimum atomic E-state index is -0.504. The van der Waals surface area contributed by atoms with Gasteiger partial charge in [-0.3, -0.25) is 4.90 Å². The summed E-state index contributed by atoms with van der Waals surface area (Å²) in [4.78, 5) is 11.0. The second kappa shape index (κ2) is 10.1. The van der Waals surface area contributed by atoms with Crippen LogP contribution in [0.3, 0.4) is 0 Å². The zero-order valence-corrected chi connectivity index (χ0v) is 18.0. The molecule has 1 aromatic heterocycles. The zero-order chi connectivity index (χ0) is 21.6. The highest BCUT2D eigenvalue weighted by molar-refractivity contribution is 6.30. The first-order chi connectivity index (χ1) is 15.1. The van der Waals surface area contributed by atoms with Crippen molar-refractivity contribution in [2.24, 2.45) is 0 Å². The number of rotatable bonds is 8. The maximum atomic E-state index is 13.8. The van der Waals surface area contributed by atoms with Crippen LogP contribution in [0.1, 0.15) is 6.42 Å². The second-order valence-electron chi connectivity index (χ2n) is 7.15. The van der Waals surface area contributed by atoms with Crippen molar-refractivity contribution >= 4 is 34.0 Å². The van der Waals surface area contributed by atoms with Gasteiger partial charge in [-0.25, -0.2) is 14.4 Å². The number of morpholine rings is 1. The van der Waals surface area contributed by atoms with E-state index in [2.05, 4.69) is 20.2 Å². The Bertz CT molecular complexity index is 1050. The Balaban J connectivity index is 1.51. The highest BCUT2D eigenvalue weighted by Crippen LogP contribution is 2.35. The van der Waals surface area contributed by atoms with Gasteiger partial charge < -0.3 is 19.5 Å². The number of aromatic nitrogens is 2. The fourth-order valence-electron chi connectivity index (χ4n) is 3.44. The highest BCUT2D eigenvalue weighted by atomic mass is 35.5. The monoisotopic (exact) mass is 446 g/mol. The lowest BCUT2D eigenvalue weighted by Crippen LogP contribution is -2.37. The van der Waals surface area contributed by atoms with Crippen molar-refractivity contribution in [2.45, 2.75) is 6.42 Å². The summed E-state index contributed by atoms with van der Waals surface area (Å²) in [6, 6.07) is 8.16. The van der Waals surface area contributed by atoms with Crippen LogP contribution >= 0.6 is 11.6 Å². The SMILES string of the molecule is COc1cc2ncnc(Nc3ccc(Cl)c(F)c3)c2cc1OCCCN1CCOCC1. The average Bonchev–Trinajstić information content (AvgIpc) is 2.79. The molecule has 1 aliphatic heterocycles. The Morgan fingerprint density at radius 1 is 1.16 bits per heavy atom. The molecule has 1 aliphatic rings. The molecule has 1 fully saturated rings. The van der Waals surface area contributed by atoms with Gasteiger partial charge >= 0.3 is 0 Å². The Hall–Kier alpha value is -2.68. The molecular weight excluding hydrogens is 423 g/mol. The predicted molar refractivity (Wildman–Crippen MR) is 118 cm³/mol. The molecule has 0 radical (unpaired) electrons. The molecule has 1 N–H and O–H groups in total. The van der Waals surface area contributed by atoms with Gasteiger partial charge in [-0.1, -0.05) is 11.6 Å². The number of nitrogens with zero attached hydrogens (tertiary/aromatic N) is 3. The molecule has 0 saturated carbocycles. The first-order valence-electron chi connectivity index (χ1n) is 10.1. The van der Waals surface area contributed by atoms with Crippen LogP contribution in [0.2, 0.25) is 5.02 Å². The number of fused-ring (bicyclic) bond motifs is 1. The van der Waals surface area contributed by atoms with E-state index in [0.29, 0.717) is 35.1 Å². The average molecular weight is 447 g/mol. The third-order valence-corrected chi connectivity index (χ3v) is 5.39. The van der Waals surface area contributed by atoms with Crippen LogP contribution in [-0.2, 0) is 4.74 Å². The smallest absolute Gasteiger partial charge is 0.162 e. The fraction of sp³-hybridized carbons (Fsp3) is 0.364. The minimum Gasteiger partial charge on any atom is -0.493 e. The zero-order valence-electron chi connectivity index (χ0n) is 17.2. The van der Waals surface area contributed by atoms with Crippen molar-refractivity contribution in [3.8, 4) is 11.5 Å². The second-order valence-corrected chi connectivity index (χ2v) is 7.56. The molecule has 4 rings (SSSR count). The lowest BCUT2D eigenvalue weighted by atomic mass is 10.2. The third kappa shape index (κ3) is 5.33. The number of methoxy groups -OCH3 is 1. The van der Waals surface area contributed by atoms with Crippen molar-refractivity contribution in [1.82, 2.24) is 14.9 Å². The molecule has 0 atom stereocenters. The Labute approximate surface area is 185 Å². The molecule has 0 unspecified atom stereocenters. The highest BCUT2D eigenvalue weighted by Gasteiger charge is 2.14. The summed E-state index contributed by atoms with van der Waals surface area (Å²) in [5, 5.41) is 3.93. The van der Waals surface area contributed by atoms with Crippen LogP contribution in [0.15, 0.2) is 36.7 Å². The summed E-state index contributed by atoms with van der Waals surface area (Å²) in [7, 11) is 1.60. The first kappa shape index (κ1) is 21.5. The van der Waals surface area contributed by atoms with E-state index in [-0.39, 0.29) is 5.02 Å². The lowest BCUT2D eigenvalue weighted by Gasteiger charge is -2.26. The molecule has 164 valence electrons. The fourth-order valence-corrected chi connectivity index (χ4v) is 3.56. The number of hydrogen-bond acceptors (Lipinski definition) is 7. The maximum absolute atomic E-state index is 13.8. The predicted octanol–water partition coefficient (Wildman–Crippen LogP) is 4.28. The summed E-state index contributed by atoms with van der Waals surface area (Å²) < 4.78 is 30.7. The number of nitrogens with one attached hydrogen (secondary N) is 1. The molecule has 2 aromatic carbocycles. The standard InChI is InChI=1S/C22H24ClFN4O3/c1-29-20-13-19-16(12-21(20)31-8-2-5-28-6-9-30-10-7-28)22(26-14-25-19)27-15-3-4-17(23)18(24)11-15/h3-4,11-14H,2,5-10H2,1H3,(H,25,26,27). The summed E-state index contributed by atoms with van der Waals surface area (Å²) in [5.41, 5.74) is 1.22. The number of halogens is 2. The van der Waals surface area contributed by atoms with Gasteiger partial charge in [0.15, 0.2) is 11.5 Å². The van der Waals surface area contributed by atoms with Crippen LogP contribution in [0.25, 0.3) is 10.9 Å². The summed E-state index contributed by atoms with van der Waals surface area (Å²) in [6.07, 6.45) is 2.33. The molecule has 7 nitrogen and oxygen atoms in total. The summed E-state index contributed by atoms with van der Waals surface area (Å²) in [6.45, 7) is 4.99. The summed E-state index contributed by atoms with van der Waals surface area (Å²) >= 11 is 5.77. The van der Waals surface area contributed by atoms with Gasteiger partial charge in [-0.05, 0) is 30.7 Å². The molecule has 1 saturated heterocycles. The van der Waals surface area contributed by atoms with Crippen LogP contribution in [0.5, 0.6) is 11.5 Å². The van der Waals surface area contributed by atoms with Crippen molar-refractivity contribution < 1.29 is 18.6 Å². The lowest BCUT2D eigenvalue weighted by molar-refractivity contribution is 0.0357. The first-order valence-corrected chi connectivity index (χ1v) is 10.5. The van der Waals surface area contributed by atoms with Gasteiger partial charge in [-0.2, -0.15) is 0 Å². The number of ether oxygens (including phenoxy) is 3. The van der Waals surface area contributed by atoms with Gasteiger partial charge in [0.05, 0.1) is 37.5 Å². The number of anilines is 2. The van der Waals surface area contributed by atoms with Gasteiger partial charge in [0.25, 0.3) is 0 Å². The number of hydrogen-bond donors (Lipinski definition) is 1. The molecule has 0 amide bonds. The van der Waals surface area contributed by atoms with E-state index in [4.69, 9.17) is 25.8 Å². The minimum absolute atomic E-state index is 0.0654. The molecule has 0 bridgehead atoms. The Morgan fingerprint density at radius 3 is 2.77 bits per heavy atom. The van der Waals surface area contributed by atoms with Crippen molar-refractivity contribution in [1.29, 1.82) is 0 Å². The van der Waals surface area contributed by atoms with E-state index in [1.54, 1.807) is 13.2 Å². The van der Waals surface area contributed by atoms with E-state index in [0.717, 1.165) is 44.7 Å². The molecule has 31 heavy (non-hydrogen) atoms. The molecule has 0 spiro atoms. The van der Waals surface area contributed by atoms with E-state index in [1.165, 1.54) is 18.5 Å². The van der Waals surface area contributed by atoms with Gasteiger partial charge in [0.2, 0.25) is 0 Å². The molecule has 0 aliphatic carbocycles. The van der Waals surface area contributed by atoms with E-state index >= 15 is 0 Å². The quantitative estimate of drug-likeness (QED) is 0.518. The summed E-state index contributed by atoms with van der Waals surface area (Å²) in [5.74, 6) is 1.24. The third-order valence-electron chi connectivity index (χ3n) is 5.08. The van der Waals surface area contributed by atoms with Gasteiger partial charge in [0, 0.05) is 36.8 Å². The molecule has 9 heteroatoms. The molecular formula is C22H24ClFN4O3. The van der Waals surface area contributed by atoms with Crippen molar-refractivity contribution in [2.75, 3.05) is 51.9 Å². The van der Waals surface area contributed by atoms with Crippen LogP contribution < -0.4 is 14.8 Å².